The average molecular weight is 196 g/mol. The van der Waals surface area contributed by atoms with Crippen molar-refractivity contribution in [2.45, 2.75) is 0 Å². The summed E-state index contributed by atoms with van der Waals surface area (Å²) >= 11 is 0. The summed E-state index contributed by atoms with van der Waals surface area (Å²) in [5.41, 5.74) is 0.448. The van der Waals surface area contributed by atoms with E-state index in [-0.39, 0.29) is 5.75 Å². The standard InChI is InChI=1S/C9H10NO2S/c1-2-8-13(11,12)10-9-6-4-3-5-7-9/h2-7H,1,8H2. The Morgan fingerprint density at radius 3 is 2.46 bits per heavy atom. The molecule has 0 saturated heterocycles. The minimum atomic E-state index is -3.38. The predicted molar refractivity (Wildman–Crippen MR) is 52.2 cm³/mol. The fourth-order valence-corrected chi connectivity index (χ4v) is 1.65. The summed E-state index contributed by atoms with van der Waals surface area (Å²) in [6, 6.07) is 8.56. The Balaban J connectivity index is 2.75. The average Bonchev–Trinajstić information content (AvgIpc) is 2.04. The molecule has 0 unspecified atom stereocenters. The molecule has 1 rings (SSSR count). The van der Waals surface area contributed by atoms with Crippen LogP contribution >= 0.6 is 0 Å². The molecule has 1 aromatic rings. The van der Waals surface area contributed by atoms with Crippen molar-refractivity contribution in [3.8, 4) is 0 Å². The van der Waals surface area contributed by atoms with E-state index in [1.165, 1.54) is 6.08 Å². The van der Waals surface area contributed by atoms with Gasteiger partial charge in [0.1, 0.15) is 0 Å². The third kappa shape index (κ3) is 3.29. The van der Waals surface area contributed by atoms with Crippen LogP contribution in [0.1, 0.15) is 0 Å². The van der Waals surface area contributed by atoms with Gasteiger partial charge in [-0.05, 0) is 12.1 Å². The summed E-state index contributed by atoms with van der Waals surface area (Å²) in [6.45, 7) is 3.35. The van der Waals surface area contributed by atoms with Gasteiger partial charge in [-0.15, -0.1) is 6.58 Å². The van der Waals surface area contributed by atoms with E-state index in [2.05, 4.69) is 11.3 Å². The second kappa shape index (κ2) is 4.09. The second-order valence-electron chi connectivity index (χ2n) is 2.46. The third-order valence-electron chi connectivity index (χ3n) is 1.33. The van der Waals surface area contributed by atoms with Crippen LogP contribution in [0.4, 0.5) is 5.69 Å². The second-order valence-corrected chi connectivity index (χ2v) is 4.14. The van der Waals surface area contributed by atoms with Crippen LogP contribution in [0.15, 0.2) is 43.0 Å². The van der Waals surface area contributed by atoms with Crippen molar-refractivity contribution in [1.82, 2.24) is 4.72 Å². The molecule has 69 valence electrons. The van der Waals surface area contributed by atoms with Crippen LogP contribution in [0.2, 0.25) is 0 Å². The van der Waals surface area contributed by atoms with Gasteiger partial charge in [0, 0.05) is 0 Å². The maximum atomic E-state index is 11.2. The molecule has 1 radical (unpaired) electrons. The monoisotopic (exact) mass is 196 g/mol. The van der Waals surface area contributed by atoms with Crippen LogP contribution in [-0.4, -0.2) is 14.2 Å². The van der Waals surface area contributed by atoms with Gasteiger partial charge in [0.05, 0.1) is 11.4 Å². The molecule has 0 aliphatic carbocycles. The lowest BCUT2D eigenvalue weighted by Gasteiger charge is -2.00. The predicted octanol–water partition coefficient (Wildman–Crippen LogP) is 1.44. The van der Waals surface area contributed by atoms with E-state index in [9.17, 15) is 8.42 Å². The highest BCUT2D eigenvalue weighted by Crippen LogP contribution is 2.07. The normalized spacial score (nSPS) is 10.8. The van der Waals surface area contributed by atoms with Crippen molar-refractivity contribution in [3.05, 3.63) is 43.0 Å². The first kappa shape index (κ1) is 9.80. The summed E-state index contributed by atoms with van der Waals surface area (Å²) in [5.74, 6) is -0.123. The topological polar surface area (TPSA) is 48.2 Å². The van der Waals surface area contributed by atoms with Crippen LogP contribution in [0, 0.1) is 0 Å². The van der Waals surface area contributed by atoms with E-state index in [4.69, 9.17) is 0 Å². The van der Waals surface area contributed by atoms with Crippen molar-refractivity contribution in [1.29, 1.82) is 0 Å². The highest BCUT2D eigenvalue weighted by Gasteiger charge is 2.09. The highest BCUT2D eigenvalue weighted by molar-refractivity contribution is 7.89. The number of nitrogens with zero attached hydrogens (tertiary/aromatic N) is 1. The van der Waals surface area contributed by atoms with Crippen LogP contribution in [0.3, 0.4) is 0 Å². The Kier molecular flexibility index (Phi) is 3.08. The Morgan fingerprint density at radius 2 is 1.92 bits per heavy atom. The Morgan fingerprint density at radius 1 is 1.31 bits per heavy atom. The number of rotatable bonds is 4. The summed E-state index contributed by atoms with van der Waals surface area (Å²) in [5, 5.41) is 0. The molecule has 0 fully saturated rings. The van der Waals surface area contributed by atoms with Crippen LogP contribution in [0.5, 0.6) is 0 Å². The quantitative estimate of drug-likeness (QED) is 0.684. The SMILES string of the molecule is C=CCS(=O)(=O)[N]c1ccccc1. The van der Waals surface area contributed by atoms with Gasteiger partial charge in [-0.1, -0.05) is 24.3 Å². The van der Waals surface area contributed by atoms with Gasteiger partial charge < -0.3 is 0 Å². The third-order valence-corrected chi connectivity index (χ3v) is 2.48. The van der Waals surface area contributed by atoms with Crippen molar-refractivity contribution < 1.29 is 8.42 Å². The zero-order chi connectivity index (χ0) is 9.73. The van der Waals surface area contributed by atoms with E-state index in [1.54, 1.807) is 30.3 Å². The van der Waals surface area contributed by atoms with E-state index >= 15 is 0 Å². The molecule has 0 aromatic heterocycles. The molecule has 0 heterocycles. The first-order chi connectivity index (χ1) is 6.14. The smallest absolute Gasteiger partial charge is 0.204 e. The maximum absolute atomic E-state index is 11.2. The molecular weight excluding hydrogens is 186 g/mol. The number of benzene rings is 1. The van der Waals surface area contributed by atoms with Gasteiger partial charge in [-0.2, -0.15) is 4.72 Å². The number of sulfonamides is 1. The Labute approximate surface area is 78.1 Å². The van der Waals surface area contributed by atoms with Gasteiger partial charge >= 0.3 is 0 Å². The fourth-order valence-electron chi connectivity index (χ4n) is 0.836. The molecule has 0 aliphatic heterocycles. The molecule has 0 spiro atoms. The maximum Gasteiger partial charge on any atom is 0.257 e. The molecule has 13 heavy (non-hydrogen) atoms. The molecule has 0 atom stereocenters. The number of hydrogen-bond acceptors (Lipinski definition) is 2. The van der Waals surface area contributed by atoms with Crippen molar-refractivity contribution in [3.63, 3.8) is 0 Å². The molecule has 0 amide bonds. The van der Waals surface area contributed by atoms with E-state index in [0.717, 1.165) is 0 Å². The Bertz CT molecular complexity index is 370. The molecule has 0 saturated carbocycles. The summed E-state index contributed by atoms with van der Waals surface area (Å²) < 4.78 is 25.9. The van der Waals surface area contributed by atoms with Crippen LogP contribution in [0.25, 0.3) is 0 Å². The fraction of sp³-hybridized carbons (Fsp3) is 0.111. The van der Waals surface area contributed by atoms with Crippen molar-refractivity contribution >= 4 is 15.7 Å². The minimum absolute atomic E-state index is 0.123. The van der Waals surface area contributed by atoms with Crippen molar-refractivity contribution in [2.75, 3.05) is 5.75 Å². The zero-order valence-electron chi connectivity index (χ0n) is 7.05. The lowest BCUT2D eigenvalue weighted by Crippen LogP contribution is -2.13. The van der Waals surface area contributed by atoms with Gasteiger partial charge in [-0.25, -0.2) is 8.42 Å². The largest absolute Gasteiger partial charge is 0.257 e. The molecule has 1 aromatic carbocycles. The molecule has 0 bridgehead atoms. The number of hydrogen-bond donors (Lipinski definition) is 0. The first-order valence-corrected chi connectivity index (χ1v) is 5.36. The van der Waals surface area contributed by atoms with E-state index in [0.29, 0.717) is 5.69 Å². The summed E-state index contributed by atoms with van der Waals surface area (Å²) in [6.07, 6.45) is 1.32. The van der Waals surface area contributed by atoms with Gasteiger partial charge in [0.15, 0.2) is 0 Å². The summed E-state index contributed by atoms with van der Waals surface area (Å²) in [7, 11) is -3.38. The minimum Gasteiger partial charge on any atom is -0.204 e. The van der Waals surface area contributed by atoms with Crippen molar-refractivity contribution in [2.24, 2.45) is 0 Å². The van der Waals surface area contributed by atoms with Gasteiger partial charge in [0.2, 0.25) is 0 Å². The highest BCUT2D eigenvalue weighted by atomic mass is 32.2. The van der Waals surface area contributed by atoms with Gasteiger partial charge in [-0.3, -0.25) is 0 Å². The van der Waals surface area contributed by atoms with Crippen LogP contribution in [-0.2, 0) is 10.0 Å². The lowest BCUT2D eigenvalue weighted by atomic mass is 10.3. The van der Waals surface area contributed by atoms with E-state index in [1.807, 2.05) is 0 Å². The van der Waals surface area contributed by atoms with Crippen LogP contribution < -0.4 is 4.72 Å². The van der Waals surface area contributed by atoms with E-state index < -0.39 is 10.0 Å². The molecule has 3 nitrogen and oxygen atoms in total. The summed E-state index contributed by atoms with van der Waals surface area (Å²) in [4.78, 5) is 0. The lowest BCUT2D eigenvalue weighted by molar-refractivity contribution is 0.593. The molecule has 0 aliphatic rings. The van der Waals surface area contributed by atoms with Gasteiger partial charge in [0.25, 0.3) is 10.0 Å². The molecule has 4 heteroatoms. The zero-order valence-corrected chi connectivity index (χ0v) is 7.87. The Hall–Kier alpha value is -1.29. The molecular formula is C9H10NO2S. The molecule has 0 N–H and O–H groups in total. The first-order valence-electron chi connectivity index (χ1n) is 3.76.